The maximum Gasteiger partial charge on any atom is 0.323 e. The summed E-state index contributed by atoms with van der Waals surface area (Å²) < 4.78 is 12.4. The highest BCUT2D eigenvalue weighted by atomic mass is 32.1. The molecular weight excluding hydrogens is 550 g/mol. The van der Waals surface area contributed by atoms with Gasteiger partial charge < -0.3 is 30.3 Å². The molecule has 228 valence electrons. The Bertz CT molecular complexity index is 1410. The van der Waals surface area contributed by atoms with Crippen molar-refractivity contribution in [3.05, 3.63) is 52.2 Å². The third-order valence-corrected chi connectivity index (χ3v) is 9.28. The van der Waals surface area contributed by atoms with Crippen molar-refractivity contribution >= 4 is 45.4 Å². The zero-order chi connectivity index (χ0) is 30.7. The maximum absolute atomic E-state index is 13.1. The zero-order valence-corrected chi connectivity index (χ0v) is 26.9. The molecule has 0 saturated carbocycles. The minimum absolute atomic E-state index is 0.108. The Hall–Kier alpha value is -3.18. The molecule has 3 aromatic rings. The van der Waals surface area contributed by atoms with Gasteiger partial charge in [-0.3, -0.25) is 9.69 Å². The fourth-order valence-electron chi connectivity index (χ4n) is 5.19. The highest BCUT2D eigenvalue weighted by Crippen LogP contribution is 2.36. The number of thiophene rings is 1. The number of urea groups is 1. The van der Waals surface area contributed by atoms with Crippen molar-refractivity contribution in [2.24, 2.45) is 0 Å². The van der Waals surface area contributed by atoms with Gasteiger partial charge in [-0.1, -0.05) is 45.0 Å². The largest absolute Gasteiger partial charge is 0.492 e. The monoisotopic (exact) mass is 595 g/mol. The lowest BCUT2D eigenvalue weighted by molar-refractivity contribution is -0.120. The molecular formula is C32H45N5O4S. The number of anilines is 2. The minimum Gasteiger partial charge on any atom is -0.492 e. The van der Waals surface area contributed by atoms with E-state index in [-0.39, 0.29) is 23.0 Å². The van der Waals surface area contributed by atoms with E-state index in [1.807, 2.05) is 42.5 Å². The molecule has 1 aliphatic rings. The van der Waals surface area contributed by atoms with Crippen molar-refractivity contribution in [2.45, 2.75) is 51.7 Å². The second kappa shape index (κ2) is 13.0. The fraction of sp³-hybridized carbons (Fsp3) is 0.500. The number of nitrogens with one attached hydrogen (secondary N) is 3. The first-order valence-corrected chi connectivity index (χ1v) is 15.2. The molecule has 0 bridgehead atoms. The van der Waals surface area contributed by atoms with Crippen LogP contribution in [0.1, 0.15) is 49.2 Å². The molecule has 1 fully saturated rings. The number of nitrogens with zero attached hydrogens (tertiary/aromatic N) is 2. The first-order chi connectivity index (χ1) is 19.8. The van der Waals surface area contributed by atoms with Crippen LogP contribution in [0.5, 0.6) is 5.75 Å². The fourth-order valence-corrected chi connectivity index (χ4v) is 6.31. The number of benzene rings is 2. The van der Waals surface area contributed by atoms with Gasteiger partial charge in [-0.2, -0.15) is 0 Å². The Morgan fingerprint density at radius 1 is 1.10 bits per heavy atom. The van der Waals surface area contributed by atoms with Gasteiger partial charge in [-0.25, -0.2) is 4.79 Å². The number of morpholine rings is 1. The van der Waals surface area contributed by atoms with Crippen LogP contribution in [0.25, 0.3) is 10.8 Å². The van der Waals surface area contributed by atoms with Gasteiger partial charge in [0.05, 0.1) is 24.1 Å². The number of amides is 3. The number of likely N-dealkylation sites (N-methyl/N-ethyl adjacent to an activating group) is 1. The molecule has 0 spiro atoms. The lowest BCUT2D eigenvalue weighted by Gasteiger charge is -2.48. The van der Waals surface area contributed by atoms with Crippen LogP contribution < -0.4 is 20.7 Å². The van der Waals surface area contributed by atoms with E-state index in [1.165, 1.54) is 11.3 Å². The average Bonchev–Trinajstić information content (AvgIpc) is 3.35. The Kier molecular flexibility index (Phi) is 9.82. The van der Waals surface area contributed by atoms with Crippen molar-refractivity contribution in [1.82, 2.24) is 15.1 Å². The topological polar surface area (TPSA) is 95.2 Å². The van der Waals surface area contributed by atoms with Gasteiger partial charge in [0.15, 0.2) is 0 Å². The van der Waals surface area contributed by atoms with Crippen molar-refractivity contribution < 1.29 is 19.1 Å². The third kappa shape index (κ3) is 7.23. The van der Waals surface area contributed by atoms with Crippen LogP contribution in [-0.2, 0) is 10.2 Å². The molecule has 1 aliphatic heterocycles. The van der Waals surface area contributed by atoms with Crippen LogP contribution in [0.4, 0.5) is 16.2 Å². The summed E-state index contributed by atoms with van der Waals surface area (Å²) in [6, 6.07) is 13.1. The Balaban J connectivity index is 1.46. The molecule has 1 atom stereocenters. The molecule has 3 N–H and O–H groups in total. The molecule has 1 aromatic heterocycles. The predicted octanol–water partition coefficient (Wildman–Crippen LogP) is 5.62. The number of hydrogen-bond acceptors (Lipinski definition) is 7. The molecule has 1 unspecified atom stereocenters. The van der Waals surface area contributed by atoms with E-state index in [1.54, 1.807) is 7.05 Å². The molecule has 2 aromatic carbocycles. The average molecular weight is 596 g/mol. The summed E-state index contributed by atoms with van der Waals surface area (Å²) in [6.07, 6.45) is 0.125. The van der Waals surface area contributed by atoms with E-state index >= 15 is 0 Å². The standard InChI is InChI=1S/C32H45N5O4S/c1-31(2,3)27-19-24(28(42-27)29(38)33-6)35-30(39)34-23-13-14-25(22-12-10-9-11-21(22)23)40-17-15-37-16-18-41-26(20-36(7)8)32(37,4)5/h9-14,19,26H,15-18,20H2,1-8H3,(H,33,38)(H2,34,35,39). The van der Waals surface area contributed by atoms with Gasteiger partial charge in [0, 0.05) is 47.9 Å². The number of carbonyl (C=O) groups is 2. The summed E-state index contributed by atoms with van der Waals surface area (Å²) in [4.78, 5) is 31.7. The summed E-state index contributed by atoms with van der Waals surface area (Å²) in [7, 11) is 5.73. The number of carbonyl (C=O) groups excluding carboxylic acids is 2. The number of ether oxygens (including phenoxy) is 2. The summed E-state index contributed by atoms with van der Waals surface area (Å²) in [6.45, 7) is 14.5. The normalized spacial score (nSPS) is 17.3. The molecule has 42 heavy (non-hydrogen) atoms. The van der Waals surface area contributed by atoms with Crippen LogP contribution in [-0.4, -0.2) is 87.4 Å². The Labute approximate surface area is 253 Å². The van der Waals surface area contributed by atoms with Gasteiger partial charge in [-0.15, -0.1) is 11.3 Å². The second-order valence-corrected chi connectivity index (χ2v) is 13.6. The Morgan fingerprint density at radius 3 is 2.45 bits per heavy atom. The SMILES string of the molecule is CNC(=O)c1sc(C(C)(C)C)cc1NC(=O)Nc1ccc(OCCN2CCOC(CN(C)C)C2(C)C)c2ccccc12. The third-order valence-electron chi connectivity index (χ3n) is 7.72. The first kappa shape index (κ1) is 31.7. The van der Waals surface area contributed by atoms with Crippen LogP contribution in [0, 0.1) is 0 Å². The van der Waals surface area contributed by atoms with Crippen LogP contribution in [0.3, 0.4) is 0 Å². The molecule has 1 saturated heterocycles. The van der Waals surface area contributed by atoms with Crippen molar-refractivity contribution in [2.75, 3.05) is 64.6 Å². The highest BCUT2D eigenvalue weighted by Gasteiger charge is 2.39. The summed E-state index contributed by atoms with van der Waals surface area (Å²) in [5.74, 6) is 0.536. The van der Waals surface area contributed by atoms with E-state index in [2.05, 4.69) is 74.5 Å². The molecule has 3 amide bonds. The van der Waals surface area contributed by atoms with Gasteiger partial charge in [0.25, 0.3) is 5.91 Å². The highest BCUT2D eigenvalue weighted by molar-refractivity contribution is 7.14. The van der Waals surface area contributed by atoms with Gasteiger partial charge in [0.1, 0.15) is 17.2 Å². The van der Waals surface area contributed by atoms with Gasteiger partial charge in [-0.05, 0) is 51.6 Å². The van der Waals surface area contributed by atoms with E-state index < -0.39 is 6.03 Å². The van der Waals surface area contributed by atoms with E-state index in [0.717, 1.165) is 41.0 Å². The van der Waals surface area contributed by atoms with Crippen LogP contribution in [0.15, 0.2) is 42.5 Å². The van der Waals surface area contributed by atoms with E-state index in [0.29, 0.717) is 29.5 Å². The summed E-state index contributed by atoms with van der Waals surface area (Å²) in [5.41, 5.74) is 0.887. The minimum atomic E-state index is -0.418. The van der Waals surface area contributed by atoms with Gasteiger partial charge in [0.2, 0.25) is 0 Å². The van der Waals surface area contributed by atoms with Gasteiger partial charge >= 0.3 is 6.03 Å². The molecule has 0 radical (unpaired) electrons. The quantitative estimate of drug-likeness (QED) is 0.297. The molecule has 10 heteroatoms. The molecule has 4 rings (SSSR count). The molecule has 9 nitrogen and oxygen atoms in total. The number of hydrogen-bond donors (Lipinski definition) is 3. The number of fused-ring (bicyclic) bond motifs is 1. The lowest BCUT2D eigenvalue weighted by Crippen LogP contribution is -2.61. The number of rotatable bonds is 9. The van der Waals surface area contributed by atoms with E-state index in [4.69, 9.17) is 9.47 Å². The first-order valence-electron chi connectivity index (χ1n) is 14.4. The van der Waals surface area contributed by atoms with Crippen LogP contribution >= 0.6 is 11.3 Å². The lowest BCUT2D eigenvalue weighted by atomic mass is 9.92. The van der Waals surface area contributed by atoms with Crippen molar-refractivity contribution in [3.8, 4) is 5.75 Å². The van der Waals surface area contributed by atoms with Crippen molar-refractivity contribution in [1.29, 1.82) is 0 Å². The second-order valence-electron chi connectivity index (χ2n) is 12.5. The van der Waals surface area contributed by atoms with Crippen molar-refractivity contribution in [3.63, 3.8) is 0 Å². The molecule has 0 aliphatic carbocycles. The predicted molar refractivity (Wildman–Crippen MR) is 172 cm³/mol. The smallest absolute Gasteiger partial charge is 0.323 e. The van der Waals surface area contributed by atoms with E-state index in [9.17, 15) is 9.59 Å². The zero-order valence-electron chi connectivity index (χ0n) is 26.1. The van der Waals surface area contributed by atoms with Crippen LogP contribution in [0.2, 0.25) is 0 Å². The maximum atomic E-state index is 13.1. The Morgan fingerprint density at radius 2 is 1.79 bits per heavy atom. The summed E-state index contributed by atoms with van der Waals surface area (Å²) in [5, 5.41) is 10.3. The molecule has 2 heterocycles. The summed E-state index contributed by atoms with van der Waals surface area (Å²) >= 11 is 1.39.